The number of amides is 1. The summed E-state index contributed by atoms with van der Waals surface area (Å²) in [6, 6.07) is 3.06. The summed E-state index contributed by atoms with van der Waals surface area (Å²) in [5.41, 5.74) is 0. The van der Waals surface area contributed by atoms with Crippen LogP contribution in [0.15, 0.2) is 15.9 Å². The number of hydrogen-bond acceptors (Lipinski definition) is 2. The summed E-state index contributed by atoms with van der Waals surface area (Å²) < 4.78 is 35.9. The highest BCUT2D eigenvalue weighted by Crippen LogP contribution is 2.22. The SMILES string of the molecule is O=C(NCC(F)(F)F)c1ccc(Br)s1. The molecule has 0 saturated heterocycles. The number of thiophene rings is 1. The predicted octanol–water partition coefficient (Wildman–Crippen LogP) is 2.80. The standard InChI is InChI=1S/C7H5BrF3NOS/c8-5-2-1-4(14-5)6(13)12-3-7(9,10)11/h1-2H,3H2,(H,12,13). The summed E-state index contributed by atoms with van der Waals surface area (Å²) in [6.07, 6.45) is -4.37. The topological polar surface area (TPSA) is 29.1 Å². The summed E-state index contributed by atoms with van der Waals surface area (Å²) in [5, 5.41) is 1.78. The Kier molecular flexibility index (Phi) is 3.54. The summed E-state index contributed by atoms with van der Waals surface area (Å²) in [5.74, 6) is -0.710. The van der Waals surface area contributed by atoms with E-state index < -0.39 is 18.6 Å². The number of halogens is 4. The molecule has 0 saturated carbocycles. The zero-order valence-corrected chi connectivity index (χ0v) is 9.09. The molecule has 78 valence electrons. The fourth-order valence-corrected chi connectivity index (χ4v) is 2.01. The molecule has 14 heavy (non-hydrogen) atoms. The molecule has 0 unspecified atom stereocenters. The van der Waals surface area contributed by atoms with Gasteiger partial charge < -0.3 is 5.32 Å². The quantitative estimate of drug-likeness (QED) is 0.890. The average molecular weight is 288 g/mol. The normalized spacial score (nSPS) is 11.4. The lowest BCUT2D eigenvalue weighted by molar-refractivity contribution is -0.123. The molecule has 2 nitrogen and oxygen atoms in total. The van der Waals surface area contributed by atoms with Crippen LogP contribution in [0.4, 0.5) is 13.2 Å². The van der Waals surface area contributed by atoms with Crippen molar-refractivity contribution in [1.82, 2.24) is 5.32 Å². The highest BCUT2D eigenvalue weighted by atomic mass is 79.9. The lowest BCUT2D eigenvalue weighted by Crippen LogP contribution is -2.33. The van der Waals surface area contributed by atoms with Gasteiger partial charge in [0.25, 0.3) is 5.91 Å². The van der Waals surface area contributed by atoms with Gasteiger partial charge in [-0.1, -0.05) is 0 Å². The van der Waals surface area contributed by atoms with Crippen LogP contribution in [-0.2, 0) is 0 Å². The van der Waals surface area contributed by atoms with E-state index in [4.69, 9.17) is 0 Å². The third-order valence-corrected chi connectivity index (χ3v) is 2.87. The Balaban J connectivity index is 2.52. The molecule has 1 aromatic rings. The molecule has 0 aliphatic heterocycles. The lowest BCUT2D eigenvalue weighted by Gasteiger charge is -2.06. The third-order valence-electron chi connectivity index (χ3n) is 1.25. The minimum atomic E-state index is -4.37. The molecule has 1 heterocycles. The highest BCUT2D eigenvalue weighted by Gasteiger charge is 2.28. The Hall–Kier alpha value is -0.560. The molecule has 1 N–H and O–H groups in total. The zero-order chi connectivity index (χ0) is 10.8. The Morgan fingerprint density at radius 2 is 2.14 bits per heavy atom. The largest absolute Gasteiger partial charge is 0.405 e. The van der Waals surface area contributed by atoms with Gasteiger partial charge in [0.2, 0.25) is 0 Å². The van der Waals surface area contributed by atoms with Gasteiger partial charge in [0.05, 0.1) is 8.66 Å². The van der Waals surface area contributed by atoms with Crippen LogP contribution < -0.4 is 5.32 Å². The maximum absolute atomic E-state index is 11.7. The van der Waals surface area contributed by atoms with Gasteiger partial charge in [0.15, 0.2) is 0 Å². The molecular weight excluding hydrogens is 283 g/mol. The van der Waals surface area contributed by atoms with Crippen LogP contribution >= 0.6 is 27.3 Å². The van der Waals surface area contributed by atoms with Crippen LogP contribution in [-0.4, -0.2) is 18.6 Å². The van der Waals surface area contributed by atoms with E-state index in [1.54, 1.807) is 11.4 Å². The van der Waals surface area contributed by atoms with Gasteiger partial charge in [-0.25, -0.2) is 0 Å². The first-order valence-electron chi connectivity index (χ1n) is 3.49. The van der Waals surface area contributed by atoms with E-state index in [2.05, 4.69) is 15.9 Å². The first-order chi connectivity index (χ1) is 6.38. The first kappa shape index (κ1) is 11.5. The Bertz CT molecular complexity index is 336. The molecule has 0 bridgehead atoms. The molecular formula is C7H5BrF3NOS. The van der Waals surface area contributed by atoms with Crippen LogP contribution in [0, 0.1) is 0 Å². The van der Waals surface area contributed by atoms with Crippen molar-refractivity contribution in [3.63, 3.8) is 0 Å². The number of carbonyl (C=O) groups is 1. The van der Waals surface area contributed by atoms with Crippen LogP contribution in [0.1, 0.15) is 9.67 Å². The number of carbonyl (C=O) groups excluding carboxylic acids is 1. The van der Waals surface area contributed by atoms with E-state index in [-0.39, 0.29) is 4.88 Å². The number of hydrogen-bond donors (Lipinski definition) is 1. The second-order valence-electron chi connectivity index (χ2n) is 2.40. The highest BCUT2D eigenvalue weighted by molar-refractivity contribution is 9.11. The van der Waals surface area contributed by atoms with Gasteiger partial charge in [0, 0.05) is 0 Å². The van der Waals surface area contributed by atoms with Gasteiger partial charge in [-0.05, 0) is 28.1 Å². The summed E-state index contributed by atoms with van der Waals surface area (Å²) in [4.78, 5) is 11.3. The third kappa shape index (κ3) is 3.67. The molecule has 0 aliphatic rings. The van der Waals surface area contributed by atoms with E-state index in [0.29, 0.717) is 3.79 Å². The van der Waals surface area contributed by atoms with Crippen LogP contribution in [0.2, 0.25) is 0 Å². The van der Waals surface area contributed by atoms with Gasteiger partial charge in [0.1, 0.15) is 6.54 Å². The molecule has 1 aromatic heterocycles. The lowest BCUT2D eigenvalue weighted by atomic mass is 10.4. The van der Waals surface area contributed by atoms with Gasteiger partial charge in [-0.15, -0.1) is 11.3 Å². The van der Waals surface area contributed by atoms with Crippen LogP contribution in [0.3, 0.4) is 0 Å². The maximum atomic E-state index is 11.7. The maximum Gasteiger partial charge on any atom is 0.405 e. The zero-order valence-electron chi connectivity index (χ0n) is 6.69. The summed E-state index contributed by atoms with van der Waals surface area (Å²) in [7, 11) is 0. The molecule has 1 amide bonds. The minimum Gasteiger partial charge on any atom is -0.342 e. The van der Waals surface area contributed by atoms with Gasteiger partial charge in [-0.2, -0.15) is 13.2 Å². The smallest absolute Gasteiger partial charge is 0.342 e. The second kappa shape index (κ2) is 4.31. The number of nitrogens with one attached hydrogen (secondary N) is 1. The average Bonchev–Trinajstić information content (AvgIpc) is 2.46. The van der Waals surface area contributed by atoms with Crippen molar-refractivity contribution in [1.29, 1.82) is 0 Å². The Morgan fingerprint density at radius 3 is 2.57 bits per heavy atom. The van der Waals surface area contributed by atoms with E-state index in [1.807, 2.05) is 0 Å². The second-order valence-corrected chi connectivity index (χ2v) is 4.86. The Morgan fingerprint density at radius 1 is 1.50 bits per heavy atom. The van der Waals surface area contributed by atoms with E-state index in [1.165, 1.54) is 6.07 Å². The van der Waals surface area contributed by atoms with Crippen LogP contribution in [0.5, 0.6) is 0 Å². The van der Waals surface area contributed by atoms with Crippen molar-refractivity contribution in [3.8, 4) is 0 Å². The van der Waals surface area contributed by atoms with E-state index in [9.17, 15) is 18.0 Å². The predicted molar refractivity (Wildman–Crippen MR) is 50.4 cm³/mol. The van der Waals surface area contributed by atoms with Gasteiger partial charge in [-0.3, -0.25) is 4.79 Å². The molecule has 0 aromatic carbocycles. The summed E-state index contributed by atoms with van der Waals surface area (Å²) in [6.45, 7) is -1.30. The molecule has 7 heteroatoms. The van der Waals surface area contributed by atoms with E-state index >= 15 is 0 Å². The molecule has 0 aliphatic carbocycles. The van der Waals surface area contributed by atoms with Crippen molar-refractivity contribution in [3.05, 3.63) is 20.8 Å². The number of rotatable bonds is 2. The molecule has 0 spiro atoms. The number of alkyl halides is 3. The molecule has 0 fully saturated rings. The molecule has 0 atom stereocenters. The van der Waals surface area contributed by atoms with Crippen molar-refractivity contribution < 1.29 is 18.0 Å². The molecule has 1 rings (SSSR count). The van der Waals surface area contributed by atoms with Crippen molar-refractivity contribution in [2.45, 2.75) is 6.18 Å². The first-order valence-corrected chi connectivity index (χ1v) is 5.10. The van der Waals surface area contributed by atoms with Gasteiger partial charge >= 0.3 is 6.18 Å². The monoisotopic (exact) mass is 287 g/mol. The Labute approximate surface area is 90.2 Å². The van der Waals surface area contributed by atoms with Crippen molar-refractivity contribution in [2.75, 3.05) is 6.54 Å². The minimum absolute atomic E-state index is 0.251. The van der Waals surface area contributed by atoms with Crippen molar-refractivity contribution >= 4 is 33.2 Å². The van der Waals surface area contributed by atoms with Crippen molar-refractivity contribution in [2.24, 2.45) is 0 Å². The molecule has 0 radical (unpaired) electrons. The van der Waals surface area contributed by atoms with Crippen LogP contribution in [0.25, 0.3) is 0 Å². The van der Waals surface area contributed by atoms with E-state index in [0.717, 1.165) is 11.3 Å². The summed E-state index contributed by atoms with van der Waals surface area (Å²) >= 11 is 4.19. The fourth-order valence-electron chi connectivity index (χ4n) is 0.704. The fraction of sp³-hybridized carbons (Fsp3) is 0.286.